The van der Waals surface area contributed by atoms with Crippen molar-refractivity contribution >= 4 is 28.2 Å². The van der Waals surface area contributed by atoms with E-state index in [2.05, 4.69) is 20.1 Å². The third-order valence-corrected chi connectivity index (χ3v) is 3.38. The van der Waals surface area contributed by atoms with E-state index in [9.17, 15) is 4.79 Å². The second-order valence-electron chi connectivity index (χ2n) is 4.54. The van der Waals surface area contributed by atoms with Gasteiger partial charge in [0.25, 0.3) is 0 Å². The van der Waals surface area contributed by atoms with E-state index in [1.54, 1.807) is 12.3 Å². The van der Waals surface area contributed by atoms with Crippen LogP contribution in [0.1, 0.15) is 0 Å². The van der Waals surface area contributed by atoms with Gasteiger partial charge in [0.1, 0.15) is 0 Å². The van der Waals surface area contributed by atoms with Gasteiger partial charge in [-0.3, -0.25) is 4.98 Å². The first-order valence-electron chi connectivity index (χ1n) is 6.21. The number of H-pyrrole nitrogens is 1. The van der Waals surface area contributed by atoms with Gasteiger partial charge in [-0.1, -0.05) is 23.7 Å². The van der Waals surface area contributed by atoms with Crippen LogP contribution in [0.15, 0.2) is 47.5 Å². The zero-order valence-electron chi connectivity index (χ0n) is 10.6. The number of aromatic amines is 1. The number of hydrogen-bond donors (Lipinski definition) is 1. The van der Waals surface area contributed by atoms with E-state index in [1.807, 2.05) is 24.3 Å². The number of nitrogens with zero attached hydrogens (tertiary/aromatic N) is 4. The first-order valence-corrected chi connectivity index (χ1v) is 6.59. The van der Waals surface area contributed by atoms with Crippen LogP contribution in [0.25, 0.3) is 27.9 Å². The Hall–Kier alpha value is -2.73. The highest BCUT2D eigenvalue weighted by atomic mass is 35.5. The molecule has 4 aromatic rings. The van der Waals surface area contributed by atoms with Crippen LogP contribution < -0.4 is 5.69 Å². The summed E-state index contributed by atoms with van der Waals surface area (Å²) in [6, 6.07) is 9.16. The normalized spacial score (nSPS) is 11.3. The van der Waals surface area contributed by atoms with Crippen LogP contribution >= 0.6 is 11.6 Å². The monoisotopic (exact) mass is 297 g/mol. The van der Waals surface area contributed by atoms with Crippen molar-refractivity contribution in [1.82, 2.24) is 24.6 Å². The van der Waals surface area contributed by atoms with E-state index in [1.165, 1.54) is 10.7 Å². The molecule has 0 amide bonds. The maximum atomic E-state index is 12.1. The summed E-state index contributed by atoms with van der Waals surface area (Å²) in [6.45, 7) is 0. The molecule has 1 N–H and O–H groups in total. The SMILES string of the molecule is O=c1[nH]c2ccccc2c2nc(-c3cncc(Cl)c3)nn12. The Morgan fingerprint density at radius 1 is 1.19 bits per heavy atom. The molecule has 0 bridgehead atoms. The molecule has 3 aromatic heterocycles. The van der Waals surface area contributed by atoms with E-state index < -0.39 is 0 Å². The number of rotatable bonds is 1. The van der Waals surface area contributed by atoms with Gasteiger partial charge in [0.2, 0.25) is 0 Å². The van der Waals surface area contributed by atoms with E-state index >= 15 is 0 Å². The summed E-state index contributed by atoms with van der Waals surface area (Å²) in [5.74, 6) is 0.409. The molecule has 1 aromatic carbocycles. The second-order valence-corrected chi connectivity index (χ2v) is 4.97. The van der Waals surface area contributed by atoms with Gasteiger partial charge in [-0.05, 0) is 18.2 Å². The second kappa shape index (κ2) is 4.39. The van der Waals surface area contributed by atoms with Crippen LogP contribution in [0, 0.1) is 0 Å². The molecule has 4 rings (SSSR count). The maximum absolute atomic E-state index is 12.1. The number of pyridine rings is 1. The fourth-order valence-electron chi connectivity index (χ4n) is 2.24. The van der Waals surface area contributed by atoms with Crippen LogP contribution in [-0.2, 0) is 0 Å². The molecular weight excluding hydrogens is 290 g/mol. The highest BCUT2D eigenvalue weighted by molar-refractivity contribution is 6.30. The third kappa shape index (κ3) is 1.88. The van der Waals surface area contributed by atoms with Crippen molar-refractivity contribution in [2.45, 2.75) is 0 Å². The lowest BCUT2D eigenvalue weighted by molar-refractivity contribution is 0.885. The average Bonchev–Trinajstić information content (AvgIpc) is 2.93. The van der Waals surface area contributed by atoms with E-state index in [0.717, 1.165) is 10.9 Å². The van der Waals surface area contributed by atoms with Crippen LogP contribution in [0.5, 0.6) is 0 Å². The minimum Gasteiger partial charge on any atom is -0.305 e. The molecule has 7 heteroatoms. The smallest absolute Gasteiger partial charge is 0.305 e. The molecule has 6 nitrogen and oxygen atoms in total. The predicted molar refractivity (Wildman–Crippen MR) is 79.4 cm³/mol. The number of benzene rings is 1. The van der Waals surface area contributed by atoms with Gasteiger partial charge in [0.15, 0.2) is 11.5 Å². The average molecular weight is 298 g/mol. The summed E-state index contributed by atoms with van der Waals surface area (Å²) in [7, 11) is 0. The van der Waals surface area contributed by atoms with Crippen LogP contribution in [0.2, 0.25) is 5.02 Å². The molecule has 102 valence electrons. The molecule has 0 aliphatic carbocycles. The summed E-state index contributed by atoms with van der Waals surface area (Å²) >= 11 is 5.93. The third-order valence-electron chi connectivity index (χ3n) is 3.17. The molecule has 0 radical (unpaired) electrons. The number of halogens is 1. The van der Waals surface area contributed by atoms with Gasteiger partial charge in [0, 0.05) is 23.3 Å². The molecule has 0 unspecified atom stereocenters. The van der Waals surface area contributed by atoms with Crippen molar-refractivity contribution in [3.05, 3.63) is 58.2 Å². The number of fused-ring (bicyclic) bond motifs is 3. The quantitative estimate of drug-likeness (QED) is 0.585. The Kier molecular flexibility index (Phi) is 2.52. The van der Waals surface area contributed by atoms with Crippen molar-refractivity contribution < 1.29 is 0 Å². The van der Waals surface area contributed by atoms with Crippen molar-refractivity contribution in [2.75, 3.05) is 0 Å². The van der Waals surface area contributed by atoms with Crippen molar-refractivity contribution in [3.8, 4) is 11.4 Å². The van der Waals surface area contributed by atoms with Crippen molar-refractivity contribution in [1.29, 1.82) is 0 Å². The Labute approximate surface area is 123 Å². The summed E-state index contributed by atoms with van der Waals surface area (Å²) in [6.07, 6.45) is 3.14. The summed E-state index contributed by atoms with van der Waals surface area (Å²) in [4.78, 5) is 23.3. The zero-order chi connectivity index (χ0) is 14.4. The molecular formula is C14H8ClN5O. The van der Waals surface area contributed by atoms with Crippen LogP contribution in [0.3, 0.4) is 0 Å². The molecule has 0 fully saturated rings. The van der Waals surface area contributed by atoms with Crippen LogP contribution in [-0.4, -0.2) is 24.6 Å². The lowest BCUT2D eigenvalue weighted by atomic mass is 10.2. The topological polar surface area (TPSA) is 75.9 Å². The van der Waals surface area contributed by atoms with Crippen molar-refractivity contribution in [3.63, 3.8) is 0 Å². The summed E-state index contributed by atoms with van der Waals surface area (Å²) in [5, 5.41) is 5.55. The molecule has 0 atom stereocenters. The van der Waals surface area contributed by atoms with Gasteiger partial charge in [-0.15, -0.1) is 5.10 Å². The lowest BCUT2D eigenvalue weighted by Gasteiger charge is -1.97. The van der Waals surface area contributed by atoms with Gasteiger partial charge < -0.3 is 4.98 Å². The van der Waals surface area contributed by atoms with Gasteiger partial charge in [-0.25, -0.2) is 9.78 Å². The van der Waals surface area contributed by atoms with Gasteiger partial charge in [0.05, 0.1) is 10.5 Å². The lowest BCUT2D eigenvalue weighted by Crippen LogP contribution is -2.17. The summed E-state index contributed by atoms with van der Waals surface area (Å²) < 4.78 is 1.25. The van der Waals surface area contributed by atoms with Crippen LogP contribution in [0.4, 0.5) is 0 Å². The molecule has 0 aliphatic heterocycles. The molecule has 0 saturated carbocycles. The number of hydrogen-bond acceptors (Lipinski definition) is 4. The number of nitrogens with one attached hydrogen (secondary N) is 1. The Morgan fingerprint density at radius 3 is 2.90 bits per heavy atom. The van der Waals surface area contributed by atoms with E-state index in [0.29, 0.717) is 22.1 Å². The molecule has 0 aliphatic rings. The highest BCUT2D eigenvalue weighted by Gasteiger charge is 2.12. The van der Waals surface area contributed by atoms with Gasteiger partial charge in [-0.2, -0.15) is 4.52 Å². The molecule has 21 heavy (non-hydrogen) atoms. The first kappa shape index (κ1) is 12.0. The zero-order valence-corrected chi connectivity index (χ0v) is 11.4. The standard InChI is InChI=1S/C14H8ClN5O/c15-9-5-8(6-16-7-9)12-18-13-10-3-1-2-4-11(10)17-14(21)20(13)19-12/h1-7H,(H,17,21). The first-order chi connectivity index (χ1) is 10.2. The Bertz CT molecular complexity index is 1040. The Morgan fingerprint density at radius 2 is 2.05 bits per heavy atom. The van der Waals surface area contributed by atoms with E-state index in [4.69, 9.17) is 11.6 Å². The van der Waals surface area contributed by atoms with Crippen molar-refractivity contribution in [2.24, 2.45) is 0 Å². The fraction of sp³-hybridized carbons (Fsp3) is 0. The minimum atomic E-state index is -0.336. The number of aromatic nitrogens is 5. The molecule has 3 heterocycles. The fourth-order valence-corrected chi connectivity index (χ4v) is 2.41. The van der Waals surface area contributed by atoms with E-state index in [-0.39, 0.29) is 5.69 Å². The Balaban J connectivity index is 2.08. The molecule has 0 spiro atoms. The molecule has 0 saturated heterocycles. The summed E-state index contributed by atoms with van der Waals surface area (Å²) in [5.41, 5.74) is 1.55. The maximum Gasteiger partial charge on any atom is 0.348 e. The predicted octanol–water partition coefficient (Wildman–Crippen LogP) is 2.29. The van der Waals surface area contributed by atoms with Gasteiger partial charge >= 0.3 is 5.69 Å². The largest absolute Gasteiger partial charge is 0.348 e. The minimum absolute atomic E-state index is 0.336. The number of para-hydroxylation sites is 1. The highest BCUT2D eigenvalue weighted by Crippen LogP contribution is 2.21.